The molecule has 0 spiro atoms. The maximum Gasteiger partial charge on any atom is 0.129 e. The quantitative estimate of drug-likeness (QED) is 0.473. The highest BCUT2D eigenvalue weighted by molar-refractivity contribution is 5.82. The summed E-state index contributed by atoms with van der Waals surface area (Å²) < 4.78 is 27.2. The molecule has 0 aromatic heterocycles. The van der Waals surface area contributed by atoms with E-state index in [4.69, 9.17) is 0 Å². The first-order chi connectivity index (χ1) is 15.1. The molecule has 2 nitrogen and oxygen atoms in total. The highest BCUT2D eigenvalue weighted by Crippen LogP contribution is 2.36. The van der Waals surface area contributed by atoms with Crippen LogP contribution < -0.4 is 4.90 Å². The van der Waals surface area contributed by atoms with Crippen molar-refractivity contribution >= 4 is 5.69 Å². The van der Waals surface area contributed by atoms with Gasteiger partial charge < -0.3 is 4.90 Å². The van der Waals surface area contributed by atoms with Crippen LogP contribution >= 0.6 is 0 Å². The normalized spacial score (nSPS) is 14.5. The van der Waals surface area contributed by atoms with Gasteiger partial charge in [0.25, 0.3) is 0 Å². The molecule has 0 aliphatic carbocycles. The zero-order valence-electron chi connectivity index (χ0n) is 17.7. The molecule has 3 aromatic rings. The van der Waals surface area contributed by atoms with E-state index in [1.165, 1.54) is 17.2 Å². The van der Waals surface area contributed by atoms with Crippen LogP contribution in [0.4, 0.5) is 14.5 Å². The van der Waals surface area contributed by atoms with Gasteiger partial charge in [0.2, 0.25) is 0 Å². The second-order valence-corrected chi connectivity index (χ2v) is 8.22. The van der Waals surface area contributed by atoms with Gasteiger partial charge in [0.1, 0.15) is 11.6 Å². The van der Waals surface area contributed by atoms with E-state index < -0.39 is 11.6 Å². The second-order valence-electron chi connectivity index (χ2n) is 8.22. The zero-order chi connectivity index (χ0) is 21.8. The number of nitriles is 1. The first kappa shape index (κ1) is 21.1. The van der Waals surface area contributed by atoms with Crippen LogP contribution in [-0.2, 0) is 12.8 Å². The Balaban J connectivity index is 1.55. The van der Waals surface area contributed by atoms with Gasteiger partial charge in [-0.25, -0.2) is 8.78 Å². The minimum atomic E-state index is -0.531. The van der Waals surface area contributed by atoms with Gasteiger partial charge in [-0.15, -0.1) is 0 Å². The number of hydrogen-bond acceptors (Lipinski definition) is 2. The number of aryl methyl sites for hydroxylation is 1. The van der Waals surface area contributed by atoms with Gasteiger partial charge >= 0.3 is 0 Å². The molecule has 0 N–H and O–H groups in total. The fourth-order valence-electron chi connectivity index (χ4n) is 4.56. The lowest BCUT2D eigenvalue weighted by Crippen LogP contribution is -2.34. The number of piperidine rings is 1. The molecular formula is C27H26F2N2. The molecular weight excluding hydrogens is 390 g/mol. The molecule has 0 amide bonds. The van der Waals surface area contributed by atoms with Crippen LogP contribution in [-0.4, -0.2) is 13.1 Å². The Hall–Kier alpha value is -3.19. The summed E-state index contributed by atoms with van der Waals surface area (Å²) in [5.41, 5.74) is 5.93. The molecule has 31 heavy (non-hydrogen) atoms. The molecule has 3 aromatic carbocycles. The molecule has 0 atom stereocenters. The predicted octanol–water partition coefficient (Wildman–Crippen LogP) is 6.52. The van der Waals surface area contributed by atoms with E-state index >= 15 is 0 Å². The molecule has 4 rings (SSSR count). The van der Waals surface area contributed by atoms with Crippen molar-refractivity contribution in [2.45, 2.75) is 32.6 Å². The summed E-state index contributed by atoms with van der Waals surface area (Å²) >= 11 is 0. The minimum absolute atomic E-state index is 0.376. The Morgan fingerprint density at radius 1 is 0.935 bits per heavy atom. The number of rotatable bonds is 5. The van der Waals surface area contributed by atoms with E-state index in [0.717, 1.165) is 49.7 Å². The fraction of sp³-hybridized carbons (Fsp3) is 0.296. The highest BCUT2D eigenvalue weighted by Gasteiger charge is 2.23. The Morgan fingerprint density at radius 3 is 2.42 bits per heavy atom. The van der Waals surface area contributed by atoms with Crippen molar-refractivity contribution in [3.63, 3.8) is 0 Å². The second kappa shape index (κ2) is 9.31. The average molecular weight is 417 g/mol. The lowest BCUT2D eigenvalue weighted by Gasteiger charge is -2.35. The molecule has 1 heterocycles. The van der Waals surface area contributed by atoms with Crippen molar-refractivity contribution in [3.05, 3.63) is 89.0 Å². The summed E-state index contributed by atoms with van der Waals surface area (Å²) in [5, 5.41) is 9.43. The van der Waals surface area contributed by atoms with Gasteiger partial charge in [-0.2, -0.15) is 5.26 Å². The van der Waals surface area contributed by atoms with Gasteiger partial charge in [-0.3, -0.25) is 0 Å². The Labute approximate surface area is 182 Å². The molecule has 158 valence electrons. The van der Waals surface area contributed by atoms with Gasteiger partial charge in [-0.1, -0.05) is 37.3 Å². The molecule has 1 saturated heterocycles. The monoisotopic (exact) mass is 416 g/mol. The Bertz CT molecular complexity index is 1110. The number of halogens is 2. The van der Waals surface area contributed by atoms with Crippen LogP contribution in [0.2, 0.25) is 0 Å². The Morgan fingerprint density at radius 2 is 1.71 bits per heavy atom. The molecule has 0 radical (unpaired) electrons. The summed E-state index contributed by atoms with van der Waals surface area (Å²) in [5.74, 6) is -0.606. The molecule has 1 aliphatic rings. The third-order valence-corrected chi connectivity index (χ3v) is 6.29. The van der Waals surface area contributed by atoms with Gasteiger partial charge in [0, 0.05) is 30.4 Å². The van der Waals surface area contributed by atoms with Crippen LogP contribution in [0.5, 0.6) is 0 Å². The standard InChI is InChI=1S/C27H26F2N2/c1-2-21-5-3-4-6-24(21)25-16-20(18-30)7-10-27(25)31-13-11-19(12-14-31)15-22-8-9-23(28)17-26(22)29/h3-10,16-17,19H,2,11-15H2,1H3. The SMILES string of the molecule is CCc1ccccc1-c1cc(C#N)ccc1N1CCC(Cc2ccc(F)cc2F)CC1. The van der Waals surface area contributed by atoms with E-state index in [1.807, 2.05) is 18.2 Å². The Kier molecular flexibility index (Phi) is 6.32. The predicted molar refractivity (Wildman–Crippen MR) is 121 cm³/mol. The first-order valence-electron chi connectivity index (χ1n) is 10.9. The molecule has 0 unspecified atom stereocenters. The van der Waals surface area contributed by atoms with E-state index in [2.05, 4.69) is 42.2 Å². The third-order valence-electron chi connectivity index (χ3n) is 6.29. The summed E-state index contributed by atoms with van der Waals surface area (Å²) in [6.45, 7) is 3.90. The van der Waals surface area contributed by atoms with Crippen molar-refractivity contribution in [1.82, 2.24) is 0 Å². The maximum atomic E-state index is 14.1. The largest absolute Gasteiger partial charge is 0.371 e. The van der Waals surface area contributed by atoms with Crippen molar-refractivity contribution < 1.29 is 8.78 Å². The maximum absolute atomic E-state index is 14.1. The van der Waals surface area contributed by atoms with Crippen LogP contribution in [0.15, 0.2) is 60.7 Å². The zero-order valence-corrected chi connectivity index (χ0v) is 17.7. The summed E-state index contributed by atoms with van der Waals surface area (Å²) in [4.78, 5) is 2.38. The molecule has 0 saturated carbocycles. The van der Waals surface area contributed by atoms with Crippen molar-refractivity contribution in [3.8, 4) is 17.2 Å². The fourth-order valence-corrected chi connectivity index (χ4v) is 4.56. The first-order valence-corrected chi connectivity index (χ1v) is 10.9. The number of nitrogens with zero attached hydrogens (tertiary/aromatic N) is 2. The molecule has 4 heteroatoms. The number of hydrogen-bond donors (Lipinski definition) is 0. The van der Waals surface area contributed by atoms with Gasteiger partial charge in [0.15, 0.2) is 0 Å². The van der Waals surface area contributed by atoms with Crippen molar-refractivity contribution in [1.29, 1.82) is 5.26 Å². The van der Waals surface area contributed by atoms with E-state index in [0.29, 0.717) is 23.5 Å². The highest BCUT2D eigenvalue weighted by atomic mass is 19.1. The molecule has 0 bridgehead atoms. The summed E-state index contributed by atoms with van der Waals surface area (Å²) in [6, 6.07) is 20.4. The van der Waals surface area contributed by atoms with Crippen LogP contribution in [0.25, 0.3) is 11.1 Å². The third kappa shape index (κ3) is 4.61. The summed E-state index contributed by atoms with van der Waals surface area (Å²) in [6.07, 6.45) is 3.47. The molecule has 1 aliphatic heterocycles. The van der Waals surface area contributed by atoms with E-state index in [1.54, 1.807) is 6.07 Å². The number of anilines is 1. The van der Waals surface area contributed by atoms with Gasteiger partial charge in [0.05, 0.1) is 11.6 Å². The van der Waals surface area contributed by atoms with E-state index in [-0.39, 0.29) is 0 Å². The van der Waals surface area contributed by atoms with Crippen molar-refractivity contribution in [2.75, 3.05) is 18.0 Å². The number of benzene rings is 3. The van der Waals surface area contributed by atoms with Crippen LogP contribution in [0.3, 0.4) is 0 Å². The minimum Gasteiger partial charge on any atom is -0.371 e. The lowest BCUT2D eigenvalue weighted by atomic mass is 9.88. The van der Waals surface area contributed by atoms with Crippen molar-refractivity contribution in [2.24, 2.45) is 5.92 Å². The molecule has 1 fully saturated rings. The summed E-state index contributed by atoms with van der Waals surface area (Å²) in [7, 11) is 0. The lowest BCUT2D eigenvalue weighted by molar-refractivity contribution is 0.397. The van der Waals surface area contributed by atoms with E-state index in [9.17, 15) is 14.0 Å². The average Bonchev–Trinajstić information content (AvgIpc) is 2.81. The topological polar surface area (TPSA) is 27.0 Å². The van der Waals surface area contributed by atoms with Crippen LogP contribution in [0, 0.1) is 28.9 Å². The van der Waals surface area contributed by atoms with Gasteiger partial charge in [-0.05, 0) is 72.6 Å². The van der Waals surface area contributed by atoms with Crippen LogP contribution in [0.1, 0.15) is 36.5 Å². The smallest absolute Gasteiger partial charge is 0.129 e.